The Morgan fingerprint density at radius 3 is 2.88 bits per heavy atom. The number of carbonyl (C=O) groups is 1. The van der Waals surface area contributed by atoms with Gasteiger partial charge in [0.05, 0.1) is 0 Å². The molecule has 0 saturated carbocycles. The molecule has 90 valence electrons. The maximum absolute atomic E-state index is 11.6. The van der Waals surface area contributed by atoms with Gasteiger partial charge in [-0.3, -0.25) is 4.79 Å². The third-order valence-corrected chi connectivity index (χ3v) is 3.33. The second-order valence-corrected chi connectivity index (χ2v) is 5.60. The van der Waals surface area contributed by atoms with Crippen molar-refractivity contribution in [3.63, 3.8) is 0 Å². The minimum absolute atomic E-state index is 0.0898. The highest BCUT2D eigenvalue weighted by atomic mass is 32.1. The van der Waals surface area contributed by atoms with Crippen LogP contribution in [-0.4, -0.2) is 18.0 Å². The van der Waals surface area contributed by atoms with Crippen LogP contribution in [0.25, 0.3) is 0 Å². The fourth-order valence-corrected chi connectivity index (χ4v) is 2.12. The summed E-state index contributed by atoms with van der Waals surface area (Å²) in [5, 5.41) is 4.99. The highest BCUT2D eigenvalue weighted by molar-refractivity contribution is 7.09. The molecule has 0 radical (unpaired) electrons. The lowest BCUT2D eigenvalue weighted by molar-refractivity contribution is -0.122. The Balaban J connectivity index is 2.20. The van der Waals surface area contributed by atoms with Gasteiger partial charge in [0, 0.05) is 23.4 Å². The lowest BCUT2D eigenvalue weighted by atomic mass is 10.1. The molecule has 0 bridgehead atoms. The van der Waals surface area contributed by atoms with E-state index in [4.69, 9.17) is 5.73 Å². The topological polar surface area (TPSA) is 55.1 Å². The van der Waals surface area contributed by atoms with Gasteiger partial charge < -0.3 is 11.1 Å². The summed E-state index contributed by atoms with van der Waals surface area (Å²) >= 11 is 1.74. The number of hydrogen-bond donors (Lipinski definition) is 2. The Morgan fingerprint density at radius 1 is 1.56 bits per heavy atom. The minimum Gasteiger partial charge on any atom is -0.350 e. The molecule has 0 aliphatic carbocycles. The van der Waals surface area contributed by atoms with E-state index in [-0.39, 0.29) is 11.4 Å². The molecule has 1 aromatic heterocycles. The molecule has 3 nitrogen and oxygen atoms in total. The third kappa shape index (κ3) is 4.77. The summed E-state index contributed by atoms with van der Waals surface area (Å²) in [6, 6.07) is 4.14. The number of amides is 1. The molecule has 3 N–H and O–H groups in total. The summed E-state index contributed by atoms with van der Waals surface area (Å²) < 4.78 is 0. The minimum atomic E-state index is -0.292. The molecule has 1 heterocycles. The van der Waals surface area contributed by atoms with Gasteiger partial charge in [-0.15, -0.1) is 11.3 Å². The van der Waals surface area contributed by atoms with Crippen molar-refractivity contribution in [3.8, 4) is 0 Å². The molecule has 0 saturated heterocycles. The number of thiophene rings is 1. The first-order chi connectivity index (χ1) is 7.53. The van der Waals surface area contributed by atoms with E-state index in [1.807, 2.05) is 19.9 Å². The van der Waals surface area contributed by atoms with Crippen molar-refractivity contribution in [2.75, 3.05) is 6.54 Å². The van der Waals surface area contributed by atoms with Crippen LogP contribution in [0.3, 0.4) is 0 Å². The number of carbonyl (C=O) groups excluding carboxylic acids is 1. The Hall–Kier alpha value is -0.870. The van der Waals surface area contributed by atoms with Crippen molar-refractivity contribution < 1.29 is 4.79 Å². The predicted octanol–water partition coefficient (Wildman–Crippen LogP) is 1.92. The van der Waals surface area contributed by atoms with Gasteiger partial charge in [-0.05, 0) is 38.1 Å². The lowest BCUT2D eigenvalue weighted by Crippen LogP contribution is -2.48. The number of rotatable bonds is 6. The Morgan fingerprint density at radius 2 is 2.31 bits per heavy atom. The lowest BCUT2D eigenvalue weighted by Gasteiger charge is -2.24. The summed E-state index contributed by atoms with van der Waals surface area (Å²) in [5.41, 5.74) is 5.26. The number of hydrogen-bond acceptors (Lipinski definition) is 3. The standard InChI is InChI=1S/C12H20N2OS/c1-12(2,9-13)14-11(15)7-3-5-10-6-4-8-16-10/h4,6,8H,3,5,7,9,13H2,1-2H3,(H,14,15). The van der Waals surface area contributed by atoms with E-state index in [0.29, 0.717) is 13.0 Å². The van der Waals surface area contributed by atoms with Crippen LogP contribution in [0.4, 0.5) is 0 Å². The van der Waals surface area contributed by atoms with Gasteiger partial charge in [-0.25, -0.2) is 0 Å². The number of nitrogens with two attached hydrogens (primary N) is 1. The van der Waals surface area contributed by atoms with Crippen molar-refractivity contribution in [2.24, 2.45) is 5.73 Å². The molecule has 0 aromatic carbocycles. The van der Waals surface area contributed by atoms with Gasteiger partial charge >= 0.3 is 0 Å². The summed E-state index contributed by atoms with van der Waals surface area (Å²) in [6.07, 6.45) is 2.45. The highest BCUT2D eigenvalue weighted by Crippen LogP contribution is 2.12. The maximum atomic E-state index is 11.6. The third-order valence-electron chi connectivity index (χ3n) is 2.40. The summed E-state index contributed by atoms with van der Waals surface area (Å²) in [5.74, 6) is 0.0898. The van der Waals surface area contributed by atoms with Crippen molar-refractivity contribution in [2.45, 2.75) is 38.6 Å². The van der Waals surface area contributed by atoms with Crippen molar-refractivity contribution in [1.82, 2.24) is 5.32 Å². The molecule has 0 fully saturated rings. The van der Waals surface area contributed by atoms with E-state index >= 15 is 0 Å². The van der Waals surface area contributed by atoms with Crippen LogP contribution in [0.2, 0.25) is 0 Å². The van der Waals surface area contributed by atoms with Crippen LogP contribution < -0.4 is 11.1 Å². The average Bonchev–Trinajstić information content (AvgIpc) is 2.70. The Kier molecular flexibility index (Phi) is 4.96. The fraction of sp³-hybridized carbons (Fsp3) is 0.583. The van der Waals surface area contributed by atoms with Crippen molar-refractivity contribution in [3.05, 3.63) is 22.4 Å². The normalized spacial score (nSPS) is 11.4. The predicted molar refractivity (Wildman–Crippen MR) is 68.5 cm³/mol. The SMILES string of the molecule is CC(C)(CN)NC(=O)CCCc1cccs1. The fourth-order valence-electron chi connectivity index (χ4n) is 1.37. The van der Waals surface area contributed by atoms with Crippen molar-refractivity contribution >= 4 is 17.2 Å². The first-order valence-electron chi connectivity index (χ1n) is 5.57. The van der Waals surface area contributed by atoms with Crippen LogP contribution in [0.15, 0.2) is 17.5 Å². The summed E-state index contributed by atoms with van der Waals surface area (Å²) in [4.78, 5) is 12.9. The van der Waals surface area contributed by atoms with Gasteiger partial charge in [-0.1, -0.05) is 6.07 Å². The van der Waals surface area contributed by atoms with Crippen LogP contribution in [0.5, 0.6) is 0 Å². The molecule has 0 aliphatic rings. The molecular formula is C12H20N2OS. The van der Waals surface area contributed by atoms with E-state index in [1.165, 1.54) is 4.88 Å². The highest BCUT2D eigenvalue weighted by Gasteiger charge is 2.17. The van der Waals surface area contributed by atoms with Crippen LogP contribution in [-0.2, 0) is 11.2 Å². The van der Waals surface area contributed by atoms with Crippen LogP contribution in [0.1, 0.15) is 31.6 Å². The van der Waals surface area contributed by atoms with Gasteiger partial charge in [0.1, 0.15) is 0 Å². The zero-order valence-corrected chi connectivity index (χ0v) is 10.8. The molecule has 0 atom stereocenters. The largest absolute Gasteiger partial charge is 0.350 e. The van der Waals surface area contributed by atoms with Gasteiger partial charge in [-0.2, -0.15) is 0 Å². The maximum Gasteiger partial charge on any atom is 0.220 e. The summed E-state index contributed by atoms with van der Waals surface area (Å²) in [6.45, 7) is 4.33. The molecule has 0 spiro atoms. The van der Waals surface area contributed by atoms with E-state index in [1.54, 1.807) is 11.3 Å². The quantitative estimate of drug-likeness (QED) is 0.798. The van der Waals surface area contributed by atoms with E-state index in [2.05, 4.69) is 16.8 Å². The van der Waals surface area contributed by atoms with E-state index in [0.717, 1.165) is 12.8 Å². The number of nitrogens with one attached hydrogen (secondary N) is 1. The first kappa shape index (κ1) is 13.2. The smallest absolute Gasteiger partial charge is 0.220 e. The van der Waals surface area contributed by atoms with Gasteiger partial charge in [0.15, 0.2) is 0 Å². The molecule has 1 amide bonds. The van der Waals surface area contributed by atoms with Crippen molar-refractivity contribution in [1.29, 1.82) is 0 Å². The molecule has 16 heavy (non-hydrogen) atoms. The Bertz CT molecular complexity index is 320. The second kappa shape index (κ2) is 6.01. The average molecular weight is 240 g/mol. The molecule has 1 rings (SSSR count). The van der Waals surface area contributed by atoms with E-state index in [9.17, 15) is 4.79 Å². The molecule has 0 unspecified atom stereocenters. The van der Waals surface area contributed by atoms with Crippen LogP contribution in [0, 0.1) is 0 Å². The van der Waals surface area contributed by atoms with E-state index < -0.39 is 0 Å². The van der Waals surface area contributed by atoms with Gasteiger partial charge in [0.2, 0.25) is 5.91 Å². The second-order valence-electron chi connectivity index (χ2n) is 4.57. The zero-order valence-electron chi connectivity index (χ0n) is 9.95. The first-order valence-corrected chi connectivity index (χ1v) is 6.45. The molecular weight excluding hydrogens is 220 g/mol. The Labute approximate surface area is 101 Å². The zero-order chi connectivity index (χ0) is 12.0. The monoisotopic (exact) mass is 240 g/mol. The molecule has 1 aromatic rings. The number of aryl methyl sites for hydroxylation is 1. The van der Waals surface area contributed by atoms with Gasteiger partial charge in [0.25, 0.3) is 0 Å². The molecule has 4 heteroatoms. The molecule has 0 aliphatic heterocycles. The summed E-state index contributed by atoms with van der Waals surface area (Å²) in [7, 11) is 0. The van der Waals surface area contributed by atoms with Crippen LogP contribution >= 0.6 is 11.3 Å².